The molecule has 0 rings (SSSR count). The van der Waals surface area contributed by atoms with Crippen LogP contribution in [0.1, 0.15) is 6.92 Å². The van der Waals surface area contributed by atoms with Crippen LogP contribution in [0.4, 0.5) is 0 Å². The number of rotatable bonds is 5. The molecule has 6 heteroatoms. The monoisotopic (exact) mass is 204 g/mol. The highest BCUT2D eigenvalue weighted by molar-refractivity contribution is 5.90. The van der Waals surface area contributed by atoms with Gasteiger partial charge in [0.2, 0.25) is 0 Å². The Labute approximate surface area is 81.1 Å². The lowest BCUT2D eigenvalue weighted by Crippen LogP contribution is -2.35. The van der Waals surface area contributed by atoms with E-state index in [0.717, 1.165) is 6.08 Å². The number of carbonyl (C=O) groups is 2. The summed E-state index contributed by atoms with van der Waals surface area (Å²) in [4.78, 5) is 21.0. The van der Waals surface area contributed by atoms with E-state index in [1.807, 2.05) is 0 Å². The first-order valence-corrected chi connectivity index (χ1v) is 3.68. The Morgan fingerprint density at radius 1 is 1.21 bits per heavy atom. The van der Waals surface area contributed by atoms with Crippen molar-refractivity contribution in [2.45, 2.75) is 12.9 Å². The highest BCUT2D eigenvalue weighted by Gasteiger charge is 2.26. The van der Waals surface area contributed by atoms with Crippen molar-refractivity contribution in [2.24, 2.45) is 0 Å². The van der Waals surface area contributed by atoms with Crippen LogP contribution in [0.3, 0.4) is 0 Å². The van der Waals surface area contributed by atoms with Gasteiger partial charge in [-0.25, -0.2) is 9.59 Å². The summed E-state index contributed by atoms with van der Waals surface area (Å²) in [5, 5.41) is 8.22. The van der Waals surface area contributed by atoms with Crippen LogP contribution in [0.25, 0.3) is 0 Å². The summed E-state index contributed by atoms with van der Waals surface area (Å²) < 4.78 is 14.1. The van der Waals surface area contributed by atoms with E-state index in [4.69, 9.17) is 14.6 Å². The second-order valence-electron chi connectivity index (χ2n) is 2.36. The molecular formula is C8H12O6. The van der Waals surface area contributed by atoms with E-state index in [2.05, 4.69) is 4.74 Å². The van der Waals surface area contributed by atoms with Gasteiger partial charge in [0, 0.05) is 33.3 Å². The van der Waals surface area contributed by atoms with Gasteiger partial charge in [0.1, 0.15) is 0 Å². The molecule has 0 spiro atoms. The number of ether oxygens (including phenoxy) is 3. The van der Waals surface area contributed by atoms with Crippen LogP contribution in [0, 0.1) is 0 Å². The van der Waals surface area contributed by atoms with Gasteiger partial charge in [-0.05, 0) is 0 Å². The zero-order chi connectivity index (χ0) is 11.2. The zero-order valence-corrected chi connectivity index (χ0v) is 8.14. The Hall–Kier alpha value is -1.40. The quantitative estimate of drug-likeness (QED) is 0.389. The Bertz CT molecular complexity index is 240. The predicted octanol–water partition coefficient (Wildman–Crippen LogP) is 0.137. The minimum atomic E-state index is -1.50. The third-order valence-corrected chi connectivity index (χ3v) is 1.39. The molecule has 0 aliphatic heterocycles. The van der Waals surface area contributed by atoms with E-state index in [0.29, 0.717) is 6.08 Å². The number of carbonyl (C=O) groups excluding carboxylic acids is 1. The maximum absolute atomic E-state index is 10.9. The van der Waals surface area contributed by atoms with Crippen molar-refractivity contribution in [3.63, 3.8) is 0 Å². The maximum atomic E-state index is 10.9. The molecule has 6 nitrogen and oxygen atoms in total. The van der Waals surface area contributed by atoms with E-state index in [1.54, 1.807) is 0 Å². The zero-order valence-electron chi connectivity index (χ0n) is 8.14. The van der Waals surface area contributed by atoms with Gasteiger partial charge in [-0.3, -0.25) is 0 Å². The van der Waals surface area contributed by atoms with Crippen LogP contribution in [0.2, 0.25) is 0 Å². The van der Waals surface area contributed by atoms with E-state index in [9.17, 15) is 9.59 Å². The van der Waals surface area contributed by atoms with Crippen molar-refractivity contribution in [3.05, 3.63) is 12.2 Å². The molecule has 80 valence electrons. The van der Waals surface area contributed by atoms with Crippen LogP contribution < -0.4 is 0 Å². The molecule has 0 aliphatic rings. The Morgan fingerprint density at radius 3 is 2.07 bits per heavy atom. The first-order chi connectivity index (χ1) is 6.43. The number of carboxylic acids is 1. The second-order valence-corrected chi connectivity index (χ2v) is 2.36. The molecule has 0 aliphatic carbocycles. The highest BCUT2D eigenvalue weighted by atomic mass is 16.9. The molecule has 0 aromatic rings. The largest absolute Gasteiger partial charge is 0.478 e. The van der Waals surface area contributed by atoms with Crippen molar-refractivity contribution < 1.29 is 28.9 Å². The number of esters is 1. The molecule has 0 saturated heterocycles. The third kappa shape index (κ3) is 4.58. The maximum Gasteiger partial charge on any atom is 0.335 e. The fourth-order valence-electron chi connectivity index (χ4n) is 0.523. The topological polar surface area (TPSA) is 82.1 Å². The van der Waals surface area contributed by atoms with Crippen molar-refractivity contribution in [3.8, 4) is 0 Å². The van der Waals surface area contributed by atoms with E-state index < -0.39 is 17.9 Å². The number of methoxy groups -OCH3 is 2. The van der Waals surface area contributed by atoms with Gasteiger partial charge in [0.05, 0.1) is 0 Å². The number of aliphatic carboxylic acids is 1. The lowest BCUT2D eigenvalue weighted by Gasteiger charge is -2.24. The molecule has 0 aromatic heterocycles. The Kier molecular flexibility index (Phi) is 4.82. The van der Waals surface area contributed by atoms with Crippen LogP contribution in [0.5, 0.6) is 0 Å². The van der Waals surface area contributed by atoms with Gasteiger partial charge in [0.25, 0.3) is 0 Å². The van der Waals surface area contributed by atoms with Gasteiger partial charge in [-0.15, -0.1) is 0 Å². The second kappa shape index (κ2) is 5.36. The highest BCUT2D eigenvalue weighted by Crippen LogP contribution is 2.11. The minimum Gasteiger partial charge on any atom is -0.478 e. The molecule has 0 fully saturated rings. The Morgan fingerprint density at radius 2 is 1.71 bits per heavy atom. The number of hydrogen-bond acceptors (Lipinski definition) is 5. The summed E-state index contributed by atoms with van der Waals surface area (Å²) in [6, 6.07) is 0. The predicted molar refractivity (Wildman–Crippen MR) is 45.3 cm³/mol. The van der Waals surface area contributed by atoms with Crippen LogP contribution >= 0.6 is 0 Å². The average Bonchev–Trinajstić information content (AvgIpc) is 2.14. The van der Waals surface area contributed by atoms with Gasteiger partial charge < -0.3 is 19.3 Å². The number of carboxylic acid groups (broad SMARTS) is 1. The van der Waals surface area contributed by atoms with E-state index >= 15 is 0 Å². The average molecular weight is 204 g/mol. The molecule has 0 saturated carbocycles. The molecule has 0 bridgehead atoms. The SMILES string of the molecule is COC(C)(OC)OC(=O)/C=C/C(=O)O. The van der Waals surface area contributed by atoms with Gasteiger partial charge >= 0.3 is 17.9 Å². The summed E-state index contributed by atoms with van der Waals surface area (Å²) in [5.41, 5.74) is 0. The summed E-state index contributed by atoms with van der Waals surface area (Å²) in [6.07, 6.45) is 1.42. The standard InChI is InChI=1S/C8H12O6/c1-8(12-2,13-3)14-7(11)5-4-6(9)10/h4-5H,1-3H3,(H,9,10)/b5-4+. The fourth-order valence-corrected chi connectivity index (χ4v) is 0.523. The van der Waals surface area contributed by atoms with Gasteiger partial charge in [-0.2, -0.15) is 0 Å². The third-order valence-electron chi connectivity index (χ3n) is 1.39. The molecule has 0 heterocycles. The van der Waals surface area contributed by atoms with E-state index in [1.165, 1.54) is 21.1 Å². The normalized spacial score (nSPS) is 11.6. The summed E-state index contributed by atoms with van der Waals surface area (Å²) in [7, 11) is 2.58. The molecule has 0 unspecified atom stereocenters. The van der Waals surface area contributed by atoms with Gasteiger partial charge in [-0.1, -0.05) is 0 Å². The molecule has 0 atom stereocenters. The molecule has 1 N–H and O–H groups in total. The van der Waals surface area contributed by atoms with Gasteiger partial charge in [0.15, 0.2) is 0 Å². The van der Waals surface area contributed by atoms with E-state index in [-0.39, 0.29) is 0 Å². The summed E-state index contributed by atoms with van der Waals surface area (Å²) in [6.45, 7) is 1.37. The van der Waals surface area contributed by atoms with Crippen LogP contribution in [-0.4, -0.2) is 37.2 Å². The smallest absolute Gasteiger partial charge is 0.335 e. The lowest BCUT2D eigenvalue weighted by atomic mass is 10.5. The van der Waals surface area contributed by atoms with Crippen LogP contribution in [0.15, 0.2) is 12.2 Å². The van der Waals surface area contributed by atoms with Crippen molar-refractivity contribution in [1.29, 1.82) is 0 Å². The lowest BCUT2D eigenvalue weighted by molar-refractivity contribution is -0.330. The first-order valence-electron chi connectivity index (χ1n) is 3.68. The number of hydrogen-bond donors (Lipinski definition) is 1. The van der Waals surface area contributed by atoms with Crippen molar-refractivity contribution in [2.75, 3.05) is 14.2 Å². The molecule has 0 radical (unpaired) electrons. The Balaban J connectivity index is 4.24. The fraction of sp³-hybridized carbons (Fsp3) is 0.500. The van der Waals surface area contributed by atoms with Crippen LogP contribution in [-0.2, 0) is 23.8 Å². The van der Waals surface area contributed by atoms with Crippen molar-refractivity contribution in [1.82, 2.24) is 0 Å². The molecular weight excluding hydrogens is 192 g/mol. The molecule has 0 amide bonds. The summed E-state index contributed by atoms with van der Waals surface area (Å²) in [5.74, 6) is -3.60. The first kappa shape index (κ1) is 12.6. The summed E-state index contributed by atoms with van der Waals surface area (Å²) >= 11 is 0. The molecule has 0 aromatic carbocycles. The minimum absolute atomic E-state index is 0.661. The molecule has 14 heavy (non-hydrogen) atoms. The van der Waals surface area contributed by atoms with Crippen molar-refractivity contribution >= 4 is 11.9 Å².